The average molecular weight is 223 g/mol. The molecule has 0 atom stereocenters. The predicted octanol–water partition coefficient (Wildman–Crippen LogP) is 3.31. The molecule has 3 rings (SSSR count). The first-order chi connectivity index (χ1) is 8.38. The Morgan fingerprint density at radius 1 is 1.12 bits per heavy atom. The van der Waals surface area contributed by atoms with Gasteiger partial charge in [-0.3, -0.25) is 4.79 Å². The quantitative estimate of drug-likeness (QED) is 0.626. The van der Waals surface area contributed by atoms with Gasteiger partial charge in [-0.25, -0.2) is 4.98 Å². The van der Waals surface area contributed by atoms with Crippen LogP contribution in [0.5, 0.6) is 0 Å². The molecule has 3 nitrogen and oxygen atoms in total. The van der Waals surface area contributed by atoms with E-state index in [0.717, 1.165) is 28.5 Å². The lowest BCUT2D eigenvalue weighted by molar-refractivity contribution is 0.112. The minimum absolute atomic E-state index is 0.676. The largest absolute Gasteiger partial charge is 0.443 e. The summed E-state index contributed by atoms with van der Waals surface area (Å²) in [7, 11) is 0. The number of rotatable bonds is 2. The Morgan fingerprint density at radius 2 is 2.00 bits per heavy atom. The van der Waals surface area contributed by atoms with Gasteiger partial charge in [0.2, 0.25) is 0 Å². The molecule has 0 N–H and O–H groups in total. The van der Waals surface area contributed by atoms with Crippen molar-refractivity contribution in [1.29, 1.82) is 0 Å². The summed E-state index contributed by atoms with van der Waals surface area (Å²) in [4.78, 5) is 15.1. The molecule has 3 aromatic rings. The second-order valence-corrected chi connectivity index (χ2v) is 3.74. The third kappa shape index (κ3) is 1.61. The van der Waals surface area contributed by atoms with E-state index < -0.39 is 0 Å². The van der Waals surface area contributed by atoms with Crippen LogP contribution in [0.1, 0.15) is 10.4 Å². The van der Waals surface area contributed by atoms with Gasteiger partial charge >= 0.3 is 0 Å². The number of nitrogens with zero attached hydrogens (tertiary/aromatic N) is 1. The summed E-state index contributed by atoms with van der Waals surface area (Å²) in [6.07, 6.45) is 2.28. The minimum atomic E-state index is 0.676. The van der Waals surface area contributed by atoms with Gasteiger partial charge in [0.05, 0.1) is 0 Å². The van der Waals surface area contributed by atoms with Gasteiger partial charge in [0.25, 0.3) is 0 Å². The second-order valence-electron chi connectivity index (χ2n) is 3.74. The van der Waals surface area contributed by atoms with E-state index in [2.05, 4.69) is 4.98 Å². The molecular formula is C14H9NO2. The van der Waals surface area contributed by atoms with E-state index in [1.54, 1.807) is 6.07 Å². The van der Waals surface area contributed by atoms with Crippen molar-refractivity contribution < 1.29 is 9.21 Å². The highest BCUT2D eigenvalue weighted by atomic mass is 16.3. The number of aldehydes is 1. The van der Waals surface area contributed by atoms with Gasteiger partial charge in [0.1, 0.15) is 5.52 Å². The van der Waals surface area contributed by atoms with Crippen molar-refractivity contribution in [2.75, 3.05) is 0 Å². The summed E-state index contributed by atoms with van der Waals surface area (Å²) in [6.45, 7) is 0. The van der Waals surface area contributed by atoms with Crippen LogP contribution in [0, 0.1) is 0 Å². The molecule has 17 heavy (non-hydrogen) atoms. The fraction of sp³-hybridized carbons (Fsp3) is 0. The molecule has 0 aliphatic heterocycles. The standard InChI is InChI=1S/C14H9NO2/c16-8-11-3-1-2-4-12(11)10-5-6-14-13(7-10)15-9-17-14/h1-9H. The van der Waals surface area contributed by atoms with E-state index in [1.807, 2.05) is 36.4 Å². The van der Waals surface area contributed by atoms with Gasteiger partial charge in [-0.15, -0.1) is 0 Å². The maximum atomic E-state index is 11.0. The summed E-state index contributed by atoms with van der Waals surface area (Å²) in [5.41, 5.74) is 4.09. The maximum Gasteiger partial charge on any atom is 0.181 e. The number of aromatic nitrogens is 1. The highest BCUT2D eigenvalue weighted by Gasteiger charge is 2.06. The Hall–Kier alpha value is -2.42. The summed E-state index contributed by atoms with van der Waals surface area (Å²) >= 11 is 0. The SMILES string of the molecule is O=Cc1ccccc1-c1ccc2ocnc2c1. The van der Waals surface area contributed by atoms with Gasteiger partial charge in [-0.1, -0.05) is 30.3 Å². The van der Waals surface area contributed by atoms with Crippen molar-refractivity contribution in [3.05, 3.63) is 54.4 Å². The van der Waals surface area contributed by atoms with Crippen molar-refractivity contribution in [2.45, 2.75) is 0 Å². The third-order valence-electron chi connectivity index (χ3n) is 2.73. The highest BCUT2D eigenvalue weighted by Crippen LogP contribution is 2.25. The zero-order valence-electron chi connectivity index (χ0n) is 8.96. The Morgan fingerprint density at radius 3 is 2.88 bits per heavy atom. The normalized spacial score (nSPS) is 10.6. The summed E-state index contributed by atoms with van der Waals surface area (Å²) in [5, 5.41) is 0. The van der Waals surface area contributed by atoms with Crippen molar-refractivity contribution in [2.24, 2.45) is 0 Å². The first-order valence-electron chi connectivity index (χ1n) is 5.26. The zero-order valence-corrected chi connectivity index (χ0v) is 8.96. The number of benzene rings is 2. The number of hydrogen-bond donors (Lipinski definition) is 0. The Kier molecular flexibility index (Phi) is 2.22. The molecule has 0 amide bonds. The zero-order chi connectivity index (χ0) is 11.7. The van der Waals surface area contributed by atoms with Crippen LogP contribution in [0.4, 0.5) is 0 Å². The third-order valence-corrected chi connectivity index (χ3v) is 2.73. The first kappa shape index (κ1) is 9.78. The maximum absolute atomic E-state index is 11.0. The molecule has 0 bridgehead atoms. The fourth-order valence-corrected chi connectivity index (χ4v) is 1.89. The van der Waals surface area contributed by atoms with Crippen LogP contribution in [-0.4, -0.2) is 11.3 Å². The van der Waals surface area contributed by atoms with Crippen LogP contribution in [0.25, 0.3) is 22.2 Å². The van der Waals surface area contributed by atoms with E-state index in [1.165, 1.54) is 6.39 Å². The summed E-state index contributed by atoms with van der Waals surface area (Å²) in [6, 6.07) is 13.2. The molecule has 1 aromatic heterocycles. The molecule has 1 heterocycles. The summed E-state index contributed by atoms with van der Waals surface area (Å²) < 4.78 is 5.18. The van der Waals surface area contributed by atoms with Crippen LogP contribution >= 0.6 is 0 Å². The second kappa shape index (κ2) is 3.87. The van der Waals surface area contributed by atoms with Crippen molar-refractivity contribution in [1.82, 2.24) is 4.98 Å². The smallest absolute Gasteiger partial charge is 0.181 e. The lowest BCUT2D eigenvalue weighted by Crippen LogP contribution is -1.86. The van der Waals surface area contributed by atoms with E-state index in [0.29, 0.717) is 5.56 Å². The lowest BCUT2D eigenvalue weighted by Gasteiger charge is -2.04. The monoisotopic (exact) mass is 223 g/mol. The molecule has 0 saturated carbocycles. The molecule has 82 valence electrons. The van der Waals surface area contributed by atoms with E-state index in [-0.39, 0.29) is 0 Å². The van der Waals surface area contributed by atoms with Crippen molar-refractivity contribution in [3.63, 3.8) is 0 Å². The van der Waals surface area contributed by atoms with Gasteiger partial charge in [-0.2, -0.15) is 0 Å². The fourth-order valence-electron chi connectivity index (χ4n) is 1.89. The van der Waals surface area contributed by atoms with Crippen molar-refractivity contribution in [3.8, 4) is 11.1 Å². The topological polar surface area (TPSA) is 43.1 Å². The summed E-state index contributed by atoms with van der Waals surface area (Å²) in [5.74, 6) is 0. The number of carbonyl (C=O) groups is 1. The molecule has 0 unspecified atom stereocenters. The van der Waals surface area contributed by atoms with Crippen LogP contribution in [0.3, 0.4) is 0 Å². The van der Waals surface area contributed by atoms with Gasteiger partial charge in [0.15, 0.2) is 18.3 Å². The van der Waals surface area contributed by atoms with E-state index in [4.69, 9.17) is 4.42 Å². The van der Waals surface area contributed by atoms with Crippen molar-refractivity contribution >= 4 is 17.4 Å². The van der Waals surface area contributed by atoms with Gasteiger partial charge in [0, 0.05) is 5.56 Å². The molecule has 0 fully saturated rings. The highest BCUT2D eigenvalue weighted by molar-refractivity contribution is 5.90. The Bertz CT molecular complexity index is 685. The van der Waals surface area contributed by atoms with Crippen LogP contribution < -0.4 is 0 Å². The molecule has 3 heteroatoms. The van der Waals surface area contributed by atoms with E-state index in [9.17, 15) is 4.79 Å². The molecular weight excluding hydrogens is 214 g/mol. The van der Waals surface area contributed by atoms with E-state index >= 15 is 0 Å². The van der Waals surface area contributed by atoms with Crippen LogP contribution in [-0.2, 0) is 0 Å². The minimum Gasteiger partial charge on any atom is -0.443 e. The van der Waals surface area contributed by atoms with Crippen LogP contribution in [0.15, 0.2) is 53.3 Å². The van der Waals surface area contributed by atoms with Gasteiger partial charge < -0.3 is 4.42 Å². The molecule has 0 aliphatic carbocycles. The number of hydrogen-bond acceptors (Lipinski definition) is 3. The molecule has 0 spiro atoms. The molecule has 0 saturated heterocycles. The molecule has 2 aromatic carbocycles. The van der Waals surface area contributed by atoms with Gasteiger partial charge in [-0.05, 0) is 23.3 Å². The Labute approximate surface area is 97.7 Å². The average Bonchev–Trinajstić information content (AvgIpc) is 2.85. The number of carbonyl (C=O) groups excluding carboxylic acids is 1. The Balaban J connectivity index is 2.22. The first-order valence-corrected chi connectivity index (χ1v) is 5.26. The number of fused-ring (bicyclic) bond motifs is 1. The number of oxazole rings is 1. The predicted molar refractivity (Wildman–Crippen MR) is 64.8 cm³/mol. The van der Waals surface area contributed by atoms with Crippen LogP contribution in [0.2, 0.25) is 0 Å². The molecule has 0 radical (unpaired) electrons. The molecule has 0 aliphatic rings. The lowest BCUT2D eigenvalue weighted by atomic mass is 10.0.